The number of unbranched alkanes of at least 4 members (excludes halogenated alkanes) is 1. The van der Waals surface area contributed by atoms with Crippen molar-refractivity contribution in [3.8, 4) is 0 Å². The standard InChI is InChI=1S/C26H24Cl2N8O4/c27-15-3-7-17(8-4-15)35-25(39)21-19(31-13-33-21)23(37)29-11-1-2-12-30-24(38)20-22(34-14-32-20)26(40)36-18-9-5-16(28)6-10-18/h3-10,13-14H,1-2,11-12H2,(H,29,37)(H,30,38)(H,31,33)(H,32,34)(H,35,39)(H,36,40). The van der Waals surface area contributed by atoms with Gasteiger partial charge in [-0.25, -0.2) is 9.97 Å². The van der Waals surface area contributed by atoms with Crippen LogP contribution in [0.5, 0.6) is 0 Å². The number of amides is 4. The fourth-order valence-corrected chi connectivity index (χ4v) is 3.81. The van der Waals surface area contributed by atoms with Gasteiger partial charge in [0.15, 0.2) is 11.4 Å². The van der Waals surface area contributed by atoms with Crippen LogP contribution in [0.25, 0.3) is 0 Å². The van der Waals surface area contributed by atoms with Gasteiger partial charge in [-0.3, -0.25) is 19.2 Å². The van der Waals surface area contributed by atoms with E-state index < -0.39 is 23.6 Å². The smallest absolute Gasteiger partial charge is 0.276 e. The number of halogens is 2. The maximum absolute atomic E-state index is 12.6. The Morgan fingerprint density at radius 1 is 0.600 bits per heavy atom. The number of nitrogens with one attached hydrogen (secondary N) is 6. The Hall–Kier alpha value is -4.68. The third-order valence-electron chi connectivity index (χ3n) is 5.54. The molecule has 0 radical (unpaired) electrons. The highest BCUT2D eigenvalue weighted by Gasteiger charge is 2.21. The lowest BCUT2D eigenvalue weighted by molar-refractivity contribution is 0.0927. The van der Waals surface area contributed by atoms with E-state index in [2.05, 4.69) is 41.2 Å². The number of rotatable bonds is 11. The quantitative estimate of drug-likeness (QED) is 0.146. The summed E-state index contributed by atoms with van der Waals surface area (Å²) in [6, 6.07) is 13.1. The van der Waals surface area contributed by atoms with Crippen LogP contribution in [0.4, 0.5) is 11.4 Å². The lowest BCUT2D eigenvalue weighted by atomic mass is 10.2. The van der Waals surface area contributed by atoms with Crippen LogP contribution >= 0.6 is 23.2 Å². The first-order chi connectivity index (χ1) is 19.3. The van der Waals surface area contributed by atoms with E-state index in [1.807, 2.05) is 0 Å². The zero-order chi connectivity index (χ0) is 28.5. The molecule has 0 aliphatic heterocycles. The Balaban J connectivity index is 1.19. The average molecular weight is 583 g/mol. The summed E-state index contributed by atoms with van der Waals surface area (Å²) in [5.74, 6) is -2.07. The summed E-state index contributed by atoms with van der Waals surface area (Å²) in [5, 5.41) is 11.8. The normalized spacial score (nSPS) is 10.6. The van der Waals surface area contributed by atoms with Gasteiger partial charge in [-0.2, -0.15) is 0 Å². The first kappa shape index (κ1) is 28.3. The highest BCUT2D eigenvalue weighted by Crippen LogP contribution is 2.16. The Kier molecular flexibility index (Phi) is 9.49. The van der Waals surface area contributed by atoms with Crippen molar-refractivity contribution in [1.29, 1.82) is 0 Å². The zero-order valence-corrected chi connectivity index (χ0v) is 22.4. The number of hydrogen-bond donors (Lipinski definition) is 6. The van der Waals surface area contributed by atoms with Gasteiger partial charge in [0.05, 0.1) is 12.7 Å². The van der Waals surface area contributed by atoms with Crippen LogP contribution in [-0.4, -0.2) is 56.7 Å². The number of carbonyl (C=O) groups is 4. The highest BCUT2D eigenvalue weighted by atomic mass is 35.5. The summed E-state index contributed by atoms with van der Waals surface area (Å²) in [4.78, 5) is 63.5. The van der Waals surface area contributed by atoms with Crippen LogP contribution in [0.1, 0.15) is 54.8 Å². The minimum absolute atomic E-state index is 0.0309. The Morgan fingerprint density at radius 2 is 0.975 bits per heavy atom. The zero-order valence-electron chi connectivity index (χ0n) is 20.9. The van der Waals surface area contributed by atoms with Gasteiger partial charge >= 0.3 is 0 Å². The predicted octanol–water partition coefficient (Wildman–Crippen LogP) is 3.88. The lowest BCUT2D eigenvalue weighted by Gasteiger charge is -2.08. The molecule has 6 N–H and O–H groups in total. The van der Waals surface area contributed by atoms with E-state index >= 15 is 0 Å². The van der Waals surface area contributed by atoms with Crippen molar-refractivity contribution < 1.29 is 19.2 Å². The SMILES string of the molecule is O=C(Nc1ccc(Cl)cc1)c1nc[nH]c1C(=O)NCCCCNC(=O)c1[nH]cnc1C(=O)Nc1ccc(Cl)cc1. The first-order valence-electron chi connectivity index (χ1n) is 12.1. The molecule has 0 fully saturated rings. The molecular weight excluding hydrogens is 559 g/mol. The second-order valence-electron chi connectivity index (χ2n) is 8.39. The van der Waals surface area contributed by atoms with Crippen LogP contribution < -0.4 is 21.3 Å². The van der Waals surface area contributed by atoms with E-state index in [0.717, 1.165) is 0 Å². The van der Waals surface area contributed by atoms with Crippen molar-refractivity contribution in [3.63, 3.8) is 0 Å². The number of aromatic amines is 2. The molecule has 14 heteroatoms. The van der Waals surface area contributed by atoms with Gasteiger partial charge in [0.2, 0.25) is 0 Å². The number of benzene rings is 2. The highest BCUT2D eigenvalue weighted by molar-refractivity contribution is 6.31. The molecule has 2 aromatic heterocycles. The van der Waals surface area contributed by atoms with E-state index in [-0.39, 0.29) is 22.8 Å². The Labute approximate surface area is 238 Å². The molecule has 40 heavy (non-hydrogen) atoms. The minimum atomic E-state index is -0.545. The molecule has 4 amide bonds. The molecule has 2 aromatic carbocycles. The molecule has 0 bridgehead atoms. The van der Waals surface area contributed by atoms with E-state index in [0.29, 0.717) is 47.4 Å². The second-order valence-corrected chi connectivity index (χ2v) is 9.27. The van der Waals surface area contributed by atoms with Crippen LogP contribution in [0, 0.1) is 0 Å². The fourth-order valence-electron chi connectivity index (χ4n) is 3.56. The summed E-state index contributed by atoms with van der Waals surface area (Å²) in [6.45, 7) is 0.593. The van der Waals surface area contributed by atoms with Crippen LogP contribution in [-0.2, 0) is 0 Å². The molecule has 0 aliphatic carbocycles. The molecular formula is C26H24Cl2N8O4. The van der Waals surface area contributed by atoms with Crippen molar-refractivity contribution >= 4 is 58.2 Å². The number of hydrogen-bond acceptors (Lipinski definition) is 6. The third kappa shape index (κ3) is 7.46. The van der Waals surface area contributed by atoms with Crippen molar-refractivity contribution in [1.82, 2.24) is 30.6 Å². The summed E-state index contributed by atoms with van der Waals surface area (Å²) in [5.41, 5.74) is 0.989. The number of aromatic nitrogens is 4. The maximum Gasteiger partial charge on any atom is 0.276 e. The average Bonchev–Trinajstić information content (AvgIpc) is 3.64. The summed E-state index contributed by atoms with van der Waals surface area (Å²) >= 11 is 11.7. The number of anilines is 2. The number of H-pyrrole nitrogens is 2. The van der Waals surface area contributed by atoms with E-state index in [1.165, 1.54) is 12.7 Å². The number of carbonyl (C=O) groups excluding carboxylic acids is 4. The van der Waals surface area contributed by atoms with Crippen LogP contribution in [0.3, 0.4) is 0 Å². The van der Waals surface area contributed by atoms with Gasteiger partial charge in [0.1, 0.15) is 11.4 Å². The molecule has 4 aromatic rings. The molecule has 0 saturated carbocycles. The van der Waals surface area contributed by atoms with Gasteiger partial charge in [-0.1, -0.05) is 23.2 Å². The molecule has 0 spiro atoms. The lowest BCUT2D eigenvalue weighted by Crippen LogP contribution is -2.30. The van der Waals surface area contributed by atoms with Crippen molar-refractivity contribution in [3.05, 3.63) is 94.0 Å². The Bertz CT molecular complexity index is 1390. The summed E-state index contributed by atoms with van der Waals surface area (Å²) in [6.07, 6.45) is 3.61. The van der Waals surface area contributed by atoms with Gasteiger partial charge in [-0.05, 0) is 61.4 Å². The van der Waals surface area contributed by atoms with Crippen molar-refractivity contribution in [2.75, 3.05) is 23.7 Å². The van der Waals surface area contributed by atoms with E-state index in [4.69, 9.17) is 23.2 Å². The van der Waals surface area contributed by atoms with Gasteiger partial charge in [0.25, 0.3) is 23.6 Å². The molecule has 0 atom stereocenters. The van der Waals surface area contributed by atoms with Gasteiger partial charge in [0, 0.05) is 34.5 Å². The molecule has 2 heterocycles. The fraction of sp³-hybridized carbons (Fsp3) is 0.154. The largest absolute Gasteiger partial charge is 0.351 e. The third-order valence-corrected chi connectivity index (χ3v) is 6.05. The van der Waals surface area contributed by atoms with Crippen LogP contribution in [0.15, 0.2) is 61.2 Å². The number of imidazole rings is 2. The molecule has 12 nitrogen and oxygen atoms in total. The predicted molar refractivity (Wildman–Crippen MR) is 150 cm³/mol. The van der Waals surface area contributed by atoms with Gasteiger partial charge < -0.3 is 31.2 Å². The van der Waals surface area contributed by atoms with Crippen LogP contribution in [0.2, 0.25) is 10.0 Å². The topological polar surface area (TPSA) is 174 Å². The number of nitrogens with zero attached hydrogens (tertiary/aromatic N) is 2. The van der Waals surface area contributed by atoms with Crippen molar-refractivity contribution in [2.45, 2.75) is 12.8 Å². The van der Waals surface area contributed by atoms with E-state index in [1.54, 1.807) is 48.5 Å². The van der Waals surface area contributed by atoms with E-state index in [9.17, 15) is 19.2 Å². The second kappa shape index (κ2) is 13.4. The monoisotopic (exact) mass is 582 g/mol. The summed E-state index contributed by atoms with van der Waals surface area (Å²) < 4.78 is 0. The molecule has 0 aliphatic rings. The van der Waals surface area contributed by atoms with Crippen molar-refractivity contribution in [2.24, 2.45) is 0 Å². The maximum atomic E-state index is 12.6. The summed E-state index contributed by atoms with van der Waals surface area (Å²) in [7, 11) is 0. The first-order valence-corrected chi connectivity index (χ1v) is 12.8. The minimum Gasteiger partial charge on any atom is -0.351 e. The molecule has 4 rings (SSSR count). The molecule has 206 valence electrons. The molecule has 0 saturated heterocycles. The molecule has 0 unspecified atom stereocenters. The van der Waals surface area contributed by atoms with Gasteiger partial charge in [-0.15, -0.1) is 0 Å². The Morgan fingerprint density at radius 3 is 1.35 bits per heavy atom.